The van der Waals surface area contributed by atoms with Gasteiger partial charge in [-0.25, -0.2) is 35.0 Å². The molecule has 0 amide bonds. The van der Waals surface area contributed by atoms with Crippen LogP contribution in [0.25, 0.3) is 0 Å². The van der Waals surface area contributed by atoms with Crippen molar-refractivity contribution in [2.24, 2.45) is 0 Å². The molecular formula is C14H18N2O8S4. The van der Waals surface area contributed by atoms with Crippen LogP contribution < -0.4 is 0 Å². The molecule has 156 valence electrons. The number of nitrogens with zero attached hydrogens (tertiary/aromatic N) is 2. The van der Waals surface area contributed by atoms with Gasteiger partial charge in [0.05, 0.1) is 4.90 Å². The number of carboxylic acids is 2. The molecule has 0 spiro atoms. The molecule has 0 saturated heterocycles. The average Bonchev–Trinajstić information content (AvgIpc) is 3.25. The van der Waals surface area contributed by atoms with E-state index in [-0.39, 0.29) is 18.9 Å². The molecule has 0 aromatic carbocycles. The number of carbonyl (C=O) groups is 2. The van der Waals surface area contributed by atoms with Crippen LogP contribution in [0.4, 0.5) is 0 Å². The third-order valence-electron chi connectivity index (χ3n) is 3.09. The van der Waals surface area contributed by atoms with Gasteiger partial charge in [0.25, 0.3) is 10.0 Å². The van der Waals surface area contributed by atoms with E-state index >= 15 is 0 Å². The van der Waals surface area contributed by atoms with Crippen molar-refractivity contribution in [3.63, 3.8) is 0 Å². The highest BCUT2D eigenvalue weighted by molar-refractivity contribution is 7.91. The van der Waals surface area contributed by atoms with Crippen molar-refractivity contribution < 1.29 is 36.6 Å². The van der Waals surface area contributed by atoms with E-state index in [1.807, 2.05) is 0 Å². The first-order chi connectivity index (χ1) is 12.7. The highest BCUT2D eigenvalue weighted by Crippen LogP contribution is 2.23. The van der Waals surface area contributed by atoms with Crippen molar-refractivity contribution >= 4 is 54.7 Å². The summed E-state index contributed by atoms with van der Waals surface area (Å²) in [6.45, 7) is 0. The lowest BCUT2D eigenvalue weighted by molar-refractivity contribution is 0.0691. The number of rotatable bonds is 6. The first kappa shape index (κ1) is 24.2. The number of aromatic carboxylic acids is 2. The van der Waals surface area contributed by atoms with Crippen LogP contribution in [0.1, 0.15) is 19.3 Å². The Balaban J connectivity index is 0.000000280. The zero-order valence-electron chi connectivity index (χ0n) is 15.2. The largest absolute Gasteiger partial charge is 0.477 e. The van der Waals surface area contributed by atoms with E-state index in [0.29, 0.717) is 0 Å². The van der Waals surface area contributed by atoms with Crippen molar-refractivity contribution in [3.05, 3.63) is 33.3 Å². The second kappa shape index (κ2) is 9.11. The van der Waals surface area contributed by atoms with E-state index in [4.69, 9.17) is 10.2 Å². The second-order valence-electron chi connectivity index (χ2n) is 5.45. The van der Waals surface area contributed by atoms with E-state index in [9.17, 15) is 26.4 Å². The predicted molar refractivity (Wildman–Crippen MR) is 104 cm³/mol. The highest BCUT2D eigenvalue weighted by Gasteiger charge is 2.21. The quantitative estimate of drug-likeness (QED) is 0.643. The summed E-state index contributed by atoms with van der Waals surface area (Å²) in [6, 6.07) is 3.73. The molecule has 2 rings (SSSR count). The molecule has 10 nitrogen and oxygen atoms in total. The standard InChI is InChI=1S/2C7H9NO4S2/c1-8(2)14(11,12)5-3-6(7(9)10)13-4-5;1-8(2)14(11,12)6-4-3-5(13-6)7(9)10/h2*3-4H,1-2H3,(H,9,10). The Morgan fingerprint density at radius 3 is 1.71 bits per heavy atom. The lowest BCUT2D eigenvalue weighted by Crippen LogP contribution is -2.21. The summed E-state index contributed by atoms with van der Waals surface area (Å²) in [5.41, 5.74) is 0. The van der Waals surface area contributed by atoms with E-state index < -0.39 is 32.0 Å². The van der Waals surface area contributed by atoms with Gasteiger partial charge in [0.15, 0.2) is 0 Å². The highest BCUT2D eigenvalue weighted by atomic mass is 32.2. The minimum atomic E-state index is -3.51. The van der Waals surface area contributed by atoms with Crippen molar-refractivity contribution in [2.75, 3.05) is 28.2 Å². The molecule has 0 aliphatic carbocycles. The lowest BCUT2D eigenvalue weighted by Gasteiger charge is -2.08. The minimum Gasteiger partial charge on any atom is -0.477 e. The Kier molecular flexibility index (Phi) is 7.87. The van der Waals surface area contributed by atoms with E-state index in [1.165, 1.54) is 45.7 Å². The molecule has 2 heterocycles. The number of thiophene rings is 2. The van der Waals surface area contributed by atoms with Crippen LogP contribution >= 0.6 is 22.7 Å². The zero-order chi connectivity index (χ0) is 21.9. The van der Waals surface area contributed by atoms with Gasteiger partial charge in [-0.2, -0.15) is 0 Å². The molecule has 0 radical (unpaired) electrons. The van der Waals surface area contributed by atoms with Crippen LogP contribution in [0.3, 0.4) is 0 Å². The summed E-state index contributed by atoms with van der Waals surface area (Å²) in [7, 11) is -1.42. The molecule has 14 heteroatoms. The molecule has 0 fully saturated rings. The normalized spacial score (nSPS) is 11.9. The molecule has 0 saturated carbocycles. The molecule has 0 bridgehead atoms. The summed E-state index contributed by atoms with van der Waals surface area (Å²) < 4.78 is 48.2. The van der Waals surface area contributed by atoms with E-state index in [2.05, 4.69) is 0 Å². The van der Waals surface area contributed by atoms with Crippen LogP contribution in [-0.4, -0.2) is 75.8 Å². The Labute approximate surface area is 170 Å². The summed E-state index contributed by atoms with van der Waals surface area (Å²) >= 11 is 1.64. The molecule has 0 aliphatic rings. The van der Waals surface area contributed by atoms with Gasteiger partial charge < -0.3 is 10.2 Å². The maximum absolute atomic E-state index is 11.5. The Morgan fingerprint density at radius 1 is 0.857 bits per heavy atom. The summed E-state index contributed by atoms with van der Waals surface area (Å²) in [5.74, 6) is -2.23. The van der Waals surface area contributed by atoms with Crippen LogP contribution in [0.2, 0.25) is 0 Å². The van der Waals surface area contributed by atoms with E-state index in [1.54, 1.807) is 0 Å². The molecule has 2 aromatic rings. The van der Waals surface area contributed by atoms with Gasteiger partial charge in [0.2, 0.25) is 10.0 Å². The number of hydrogen-bond acceptors (Lipinski definition) is 8. The molecule has 0 aliphatic heterocycles. The molecule has 0 unspecified atom stereocenters. The first-order valence-corrected chi connectivity index (χ1v) is 11.8. The maximum atomic E-state index is 11.5. The van der Waals surface area contributed by atoms with Gasteiger partial charge in [0, 0.05) is 33.6 Å². The lowest BCUT2D eigenvalue weighted by atomic mass is 10.5. The predicted octanol–water partition coefficient (Wildman–Crippen LogP) is 1.39. The van der Waals surface area contributed by atoms with Crippen molar-refractivity contribution in [3.8, 4) is 0 Å². The number of carboxylic acid groups (broad SMARTS) is 2. The fraction of sp³-hybridized carbons (Fsp3) is 0.286. The minimum absolute atomic E-state index is 0.0184. The molecular weight excluding hydrogens is 452 g/mol. The average molecular weight is 471 g/mol. The third kappa shape index (κ3) is 5.59. The Morgan fingerprint density at radius 2 is 1.36 bits per heavy atom. The Bertz CT molecular complexity index is 978. The van der Waals surface area contributed by atoms with Gasteiger partial charge in [-0.15, -0.1) is 22.7 Å². The van der Waals surface area contributed by atoms with Gasteiger partial charge >= 0.3 is 11.9 Å². The zero-order valence-corrected chi connectivity index (χ0v) is 18.4. The third-order valence-corrected chi connectivity index (χ3v) is 9.31. The fourth-order valence-corrected chi connectivity index (χ4v) is 5.85. The van der Waals surface area contributed by atoms with Crippen molar-refractivity contribution in [1.82, 2.24) is 8.61 Å². The van der Waals surface area contributed by atoms with Crippen LogP contribution in [0, 0.1) is 0 Å². The molecule has 28 heavy (non-hydrogen) atoms. The Hall–Kier alpha value is -1.84. The van der Waals surface area contributed by atoms with Crippen molar-refractivity contribution in [1.29, 1.82) is 0 Å². The second-order valence-corrected chi connectivity index (χ2v) is 12.0. The summed E-state index contributed by atoms with van der Waals surface area (Å²) in [5, 5.41) is 18.5. The van der Waals surface area contributed by atoms with Crippen LogP contribution in [-0.2, 0) is 20.0 Å². The van der Waals surface area contributed by atoms with Gasteiger partial charge in [-0.05, 0) is 18.2 Å². The molecule has 0 atom stereocenters. The summed E-state index contributed by atoms with van der Waals surface area (Å²) in [6.07, 6.45) is 0. The van der Waals surface area contributed by atoms with Crippen LogP contribution in [0.5, 0.6) is 0 Å². The SMILES string of the molecule is CN(C)S(=O)(=O)c1ccc(C(=O)O)s1.CN(C)S(=O)(=O)c1csc(C(=O)O)c1. The van der Waals surface area contributed by atoms with E-state index in [0.717, 1.165) is 37.4 Å². The number of sulfonamides is 2. The first-order valence-electron chi connectivity index (χ1n) is 7.21. The summed E-state index contributed by atoms with van der Waals surface area (Å²) in [4.78, 5) is 21.1. The molecule has 2 N–H and O–H groups in total. The fourth-order valence-electron chi connectivity index (χ4n) is 1.53. The molecule has 2 aromatic heterocycles. The van der Waals surface area contributed by atoms with Crippen LogP contribution in [0.15, 0.2) is 32.7 Å². The monoisotopic (exact) mass is 470 g/mol. The van der Waals surface area contributed by atoms with Crippen molar-refractivity contribution in [2.45, 2.75) is 9.10 Å². The topological polar surface area (TPSA) is 149 Å². The van der Waals surface area contributed by atoms with Gasteiger partial charge in [-0.3, -0.25) is 0 Å². The van der Waals surface area contributed by atoms with Gasteiger partial charge in [0.1, 0.15) is 14.0 Å². The maximum Gasteiger partial charge on any atom is 0.345 e. The van der Waals surface area contributed by atoms with Gasteiger partial charge in [-0.1, -0.05) is 0 Å². The number of hydrogen-bond donors (Lipinski definition) is 2. The smallest absolute Gasteiger partial charge is 0.345 e.